The van der Waals surface area contributed by atoms with Gasteiger partial charge in [0.25, 0.3) is 5.91 Å². The normalized spacial score (nSPS) is 12.5. The number of carbonyl (C=O) groups excluding carboxylic acids is 1. The van der Waals surface area contributed by atoms with Gasteiger partial charge in [-0.15, -0.1) is 0 Å². The van der Waals surface area contributed by atoms with Gasteiger partial charge < -0.3 is 44.4 Å². The van der Waals surface area contributed by atoms with Crippen LogP contribution in [0.25, 0.3) is 0 Å². The van der Waals surface area contributed by atoms with Crippen molar-refractivity contribution < 1.29 is 42.4 Å². The van der Waals surface area contributed by atoms with E-state index in [0.29, 0.717) is 42.4 Å². The Morgan fingerprint density at radius 3 is 2.11 bits per heavy atom. The maximum atomic E-state index is 11.4. The lowest BCUT2D eigenvalue weighted by Crippen LogP contribution is -2.44. The van der Waals surface area contributed by atoms with Gasteiger partial charge in [0, 0.05) is 31.5 Å². The number of amides is 1. The van der Waals surface area contributed by atoms with Gasteiger partial charge >= 0.3 is 0 Å². The molecule has 3 rings (SSSR count). The van der Waals surface area contributed by atoms with E-state index in [4.69, 9.17) is 53.0 Å². The number of methoxy groups -OCH3 is 3. The molecule has 0 saturated heterocycles. The predicted molar refractivity (Wildman–Crippen MR) is 166 cm³/mol. The van der Waals surface area contributed by atoms with Crippen molar-refractivity contribution in [3.05, 3.63) is 70.4 Å². The summed E-state index contributed by atoms with van der Waals surface area (Å²) in [7, 11) is 1.40. The highest BCUT2D eigenvalue weighted by Gasteiger charge is 2.25. The number of benzene rings is 2. The first-order valence-electron chi connectivity index (χ1n) is 13.2. The van der Waals surface area contributed by atoms with E-state index in [0.717, 1.165) is 17.4 Å². The maximum absolute atomic E-state index is 11.4. The van der Waals surface area contributed by atoms with Crippen LogP contribution in [0.4, 0.5) is 0 Å². The summed E-state index contributed by atoms with van der Waals surface area (Å²) in [6.07, 6.45) is 1.95. The Hall–Kier alpha value is -3.60. The molecule has 0 fully saturated rings. The average Bonchev–Trinajstić information content (AvgIpc) is 3.01. The summed E-state index contributed by atoms with van der Waals surface area (Å²) in [5.74, 6) is 0.879. The van der Waals surface area contributed by atoms with Gasteiger partial charge in [0.1, 0.15) is 18.2 Å². The number of ether oxygens (including phenoxy) is 4. The van der Waals surface area contributed by atoms with Crippen LogP contribution in [-0.2, 0) is 25.8 Å². The molecule has 2 atom stereocenters. The largest absolute Gasteiger partial charge is 0.493 e. The number of nitrogens with one attached hydrogen (secondary N) is 5. The van der Waals surface area contributed by atoms with Crippen LogP contribution in [0.5, 0.6) is 17.2 Å². The Bertz CT molecular complexity index is 1610. The van der Waals surface area contributed by atoms with Crippen LogP contribution in [-0.4, -0.2) is 92.8 Å². The molecule has 3 aromatic rings. The highest BCUT2D eigenvalue weighted by Crippen LogP contribution is 2.39. The zero-order valence-electron chi connectivity index (χ0n) is 25.0. The van der Waals surface area contributed by atoms with Crippen molar-refractivity contribution in [1.29, 1.82) is 10.8 Å². The number of hydrogen-bond acceptors (Lipinski definition) is 11. The summed E-state index contributed by atoms with van der Waals surface area (Å²) in [4.78, 5) is 15.5. The van der Waals surface area contributed by atoms with E-state index in [1.54, 1.807) is 27.5 Å². The Morgan fingerprint density at radius 2 is 1.64 bits per heavy atom. The number of aromatic amines is 2. The van der Waals surface area contributed by atoms with Crippen LogP contribution < -0.4 is 30.6 Å². The third-order valence-electron chi connectivity index (χ3n) is 6.16. The van der Waals surface area contributed by atoms with Crippen molar-refractivity contribution in [2.24, 2.45) is 0 Å². The predicted octanol–water partition coefficient (Wildman–Crippen LogP) is 1.34. The van der Waals surface area contributed by atoms with Crippen LogP contribution in [0.1, 0.15) is 22.8 Å². The fourth-order valence-corrected chi connectivity index (χ4v) is 4.61. The van der Waals surface area contributed by atoms with E-state index < -0.39 is 39.3 Å². The van der Waals surface area contributed by atoms with Crippen molar-refractivity contribution >= 4 is 38.9 Å². The lowest BCUT2D eigenvalue weighted by atomic mass is 10.0. The summed E-state index contributed by atoms with van der Waals surface area (Å²) >= 11 is 10.7. The molecule has 0 unspecified atom stereocenters. The molecular formula is C28H37Cl2N5O9S. The van der Waals surface area contributed by atoms with Gasteiger partial charge in [-0.2, -0.15) is 0 Å². The summed E-state index contributed by atoms with van der Waals surface area (Å²) in [6.45, 7) is 0.303. The molecule has 0 aliphatic rings. The molecule has 0 spiro atoms. The lowest BCUT2D eigenvalue weighted by Gasteiger charge is -2.23. The van der Waals surface area contributed by atoms with E-state index >= 15 is 0 Å². The summed E-state index contributed by atoms with van der Waals surface area (Å²) in [6, 6.07) is 8.13. The minimum atomic E-state index is -3.34. The van der Waals surface area contributed by atoms with E-state index in [2.05, 4.69) is 15.3 Å². The standard InChI is InChI=1S/C16H22N4O4.C12H15Cl2NO5S/c1-21-4-5-24-14-12(22-2)7-10(8-13(14)23-3)6-11-9-19-16(18)20-15(11)17;1-21(19,20)8-4-2-7(3-5-8)10(17)9(6-16)15-12(18)11(13)14/h7-9H,4-6H2,1-3H3,(H4,17,18,19,20);2-5,9-11,16-17H,6H2,1H3,(H,15,18)/t;9-,10-/m.1/s1. The smallest absolute Gasteiger partial charge is 0.253 e. The van der Waals surface area contributed by atoms with Crippen molar-refractivity contribution in [3.63, 3.8) is 0 Å². The SMILES string of the molecule is COCCOc1c(OC)cc(Cc2c[nH]c(=N)[nH]c2=N)cc1OC.CS(=O)(=O)c1ccc([C@@H](O)[C@@H](CO)NC(=O)C(Cl)Cl)cc1. The molecule has 17 heteroatoms. The molecular weight excluding hydrogens is 653 g/mol. The lowest BCUT2D eigenvalue weighted by molar-refractivity contribution is -0.121. The number of H-pyrrole nitrogens is 2. The first kappa shape index (κ1) is 37.6. The van der Waals surface area contributed by atoms with E-state index in [1.807, 2.05) is 12.1 Å². The first-order chi connectivity index (χ1) is 21.2. The number of rotatable bonds is 14. The van der Waals surface area contributed by atoms with Gasteiger partial charge in [-0.3, -0.25) is 15.6 Å². The fraction of sp³-hybridized carbons (Fsp3) is 0.393. The van der Waals surface area contributed by atoms with Gasteiger partial charge in [-0.05, 0) is 35.4 Å². The van der Waals surface area contributed by atoms with Gasteiger partial charge in [-0.1, -0.05) is 35.3 Å². The molecule has 1 amide bonds. The van der Waals surface area contributed by atoms with Crippen LogP contribution in [0.3, 0.4) is 0 Å². The molecule has 14 nitrogen and oxygen atoms in total. The van der Waals surface area contributed by atoms with Crippen LogP contribution in [0, 0.1) is 10.8 Å². The zero-order chi connectivity index (χ0) is 33.7. The second-order valence-corrected chi connectivity index (χ2v) is 12.5. The Morgan fingerprint density at radius 1 is 1.04 bits per heavy atom. The topological polar surface area (TPSA) is 220 Å². The molecule has 45 heavy (non-hydrogen) atoms. The molecule has 2 aromatic carbocycles. The third-order valence-corrected chi connectivity index (χ3v) is 7.69. The second kappa shape index (κ2) is 17.8. The number of sulfone groups is 1. The first-order valence-corrected chi connectivity index (χ1v) is 16.0. The van der Waals surface area contributed by atoms with Gasteiger partial charge in [-0.25, -0.2) is 8.42 Å². The van der Waals surface area contributed by atoms with Gasteiger partial charge in [0.15, 0.2) is 31.8 Å². The van der Waals surface area contributed by atoms with Crippen LogP contribution in [0.15, 0.2) is 47.5 Å². The van der Waals surface area contributed by atoms with Crippen LogP contribution in [0.2, 0.25) is 0 Å². The van der Waals surface area contributed by atoms with Crippen molar-refractivity contribution in [1.82, 2.24) is 15.3 Å². The maximum Gasteiger partial charge on any atom is 0.253 e. The number of halogens is 2. The molecule has 248 valence electrons. The van der Waals surface area contributed by atoms with Crippen molar-refractivity contribution in [2.45, 2.75) is 28.3 Å². The van der Waals surface area contributed by atoms with E-state index in [1.165, 1.54) is 24.3 Å². The second-order valence-electron chi connectivity index (χ2n) is 9.42. The highest BCUT2D eigenvalue weighted by molar-refractivity contribution is 7.90. The Balaban J connectivity index is 0.000000317. The molecule has 0 aliphatic heterocycles. The molecule has 1 heterocycles. The average molecular weight is 691 g/mol. The summed E-state index contributed by atoms with van der Waals surface area (Å²) < 4.78 is 44.2. The van der Waals surface area contributed by atoms with Gasteiger partial charge in [0.05, 0.1) is 38.4 Å². The van der Waals surface area contributed by atoms with Gasteiger partial charge in [0.2, 0.25) is 5.75 Å². The number of aliphatic hydroxyl groups is 2. The highest BCUT2D eigenvalue weighted by atomic mass is 35.5. The molecule has 0 bridgehead atoms. The molecule has 0 aliphatic carbocycles. The monoisotopic (exact) mass is 689 g/mol. The van der Waals surface area contributed by atoms with Crippen LogP contribution >= 0.6 is 23.2 Å². The molecule has 7 N–H and O–H groups in total. The number of hydrogen-bond donors (Lipinski definition) is 7. The minimum absolute atomic E-state index is 0.0841. The number of alkyl halides is 2. The quantitative estimate of drug-likeness (QED) is 0.0957. The van der Waals surface area contributed by atoms with E-state index in [-0.39, 0.29) is 16.0 Å². The number of carbonyl (C=O) groups is 1. The summed E-state index contributed by atoms with van der Waals surface area (Å²) in [5.41, 5.74) is 2.24. The van der Waals surface area contributed by atoms with E-state index in [9.17, 15) is 23.4 Å². The molecule has 1 aromatic heterocycles. The fourth-order valence-electron chi connectivity index (χ4n) is 3.85. The zero-order valence-corrected chi connectivity index (χ0v) is 27.3. The summed E-state index contributed by atoms with van der Waals surface area (Å²) in [5, 5.41) is 37.0. The Labute approximate surface area is 270 Å². The molecule has 0 saturated carbocycles. The van der Waals surface area contributed by atoms with Crippen molar-refractivity contribution in [2.75, 3.05) is 47.4 Å². The minimum Gasteiger partial charge on any atom is -0.493 e. The number of aliphatic hydroxyl groups excluding tert-OH is 2. The number of aromatic nitrogens is 2. The molecule has 0 radical (unpaired) electrons. The third kappa shape index (κ3) is 11.4. The van der Waals surface area contributed by atoms with Crippen molar-refractivity contribution in [3.8, 4) is 17.2 Å². The Kier molecular flexibility index (Phi) is 14.8.